The van der Waals surface area contributed by atoms with Crippen LogP contribution in [0.4, 0.5) is 5.69 Å². The van der Waals surface area contributed by atoms with Crippen molar-refractivity contribution >= 4 is 33.2 Å². The van der Waals surface area contributed by atoms with Crippen LogP contribution in [0.5, 0.6) is 5.75 Å². The zero-order chi connectivity index (χ0) is 26.5. The Bertz CT molecular complexity index is 1390. The molecule has 9 heteroatoms. The predicted octanol–water partition coefficient (Wildman–Crippen LogP) is 4.22. The van der Waals surface area contributed by atoms with Crippen LogP contribution in [0, 0.1) is 11.8 Å². The number of ether oxygens (including phenoxy) is 1. The van der Waals surface area contributed by atoms with Gasteiger partial charge in [-0.05, 0) is 91.8 Å². The Morgan fingerprint density at radius 3 is 2.82 bits per heavy atom. The van der Waals surface area contributed by atoms with E-state index in [-0.39, 0.29) is 22.6 Å². The van der Waals surface area contributed by atoms with E-state index < -0.39 is 22.0 Å². The first-order valence-corrected chi connectivity index (χ1v) is 15.4. The number of fused-ring (bicyclic) bond motifs is 4. The van der Waals surface area contributed by atoms with Crippen LogP contribution in [0.2, 0.25) is 5.02 Å². The minimum absolute atomic E-state index is 0.144. The van der Waals surface area contributed by atoms with Crippen molar-refractivity contribution in [2.45, 2.75) is 50.0 Å². The van der Waals surface area contributed by atoms with Crippen molar-refractivity contribution in [3.63, 3.8) is 0 Å². The summed E-state index contributed by atoms with van der Waals surface area (Å²) in [6.45, 7) is 1.94. The van der Waals surface area contributed by atoms with Gasteiger partial charge in [0.1, 0.15) is 5.75 Å². The summed E-state index contributed by atoms with van der Waals surface area (Å²) < 4.78 is 33.7. The third-order valence-corrected chi connectivity index (χ3v) is 10.2. The minimum atomic E-state index is -3.85. The first-order valence-electron chi connectivity index (χ1n) is 13.4. The lowest BCUT2D eigenvalue weighted by Crippen LogP contribution is -2.49. The molecular weight excluding hydrogens is 524 g/mol. The van der Waals surface area contributed by atoms with Gasteiger partial charge in [0.15, 0.2) is 0 Å². The molecule has 0 aromatic heterocycles. The second-order valence-electron chi connectivity index (χ2n) is 11.3. The SMILES string of the molecule is O=C1NS(=O)(=O)C/C=C\C[C@H](O)[C@@H]2CC[C@H]2CN2C[C@@]3(CCCc4cc(Cl)ccc43)COc3ccc1cc32. The molecule has 7 nitrogen and oxygen atoms in total. The second-order valence-corrected chi connectivity index (χ2v) is 13.5. The molecule has 6 rings (SSSR count). The molecule has 1 fully saturated rings. The molecule has 0 saturated heterocycles. The number of aliphatic hydroxyl groups is 1. The quantitative estimate of drug-likeness (QED) is 0.472. The van der Waals surface area contributed by atoms with Gasteiger partial charge in [-0.25, -0.2) is 13.1 Å². The molecule has 2 aromatic rings. The summed E-state index contributed by atoms with van der Waals surface area (Å²) in [5.41, 5.74) is 3.34. The molecule has 1 amide bonds. The van der Waals surface area contributed by atoms with Crippen molar-refractivity contribution in [2.75, 3.05) is 30.3 Å². The highest BCUT2D eigenvalue weighted by atomic mass is 35.5. The summed E-state index contributed by atoms with van der Waals surface area (Å²) in [4.78, 5) is 15.3. The number of rotatable bonds is 0. The lowest BCUT2D eigenvalue weighted by molar-refractivity contribution is 0.0177. The summed E-state index contributed by atoms with van der Waals surface area (Å²) in [6.07, 6.45) is 8.03. The van der Waals surface area contributed by atoms with Crippen LogP contribution in [0.25, 0.3) is 0 Å². The molecule has 2 heterocycles. The number of hydrogen-bond acceptors (Lipinski definition) is 6. The molecular formula is C29H33ClN2O5S. The van der Waals surface area contributed by atoms with Gasteiger partial charge < -0.3 is 14.7 Å². The number of nitrogens with zero attached hydrogens (tertiary/aromatic N) is 1. The zero-order valence-corrected chi connectivity index (χ0v) is 22.8. The molecule has 4 atom stereocenters. The molecule has 1 saturated carbocycles. The fraction of sp³-hybridized carbons (Fsp3) is 0.483. The number of nitrogens with one attached hydrogen (secondary N) is 1. The highest BCUT2D eigenvalue weighted by molar-refractivity contribution is 7.90. The van der Waals surface area contributed by atoms with E-state index in [0.29, 0.717) is 31.2 Å². The first-order chi connectivity index (χ1) is 18.2. The van der Waals surface area contributed by atoms with Gasteiger partial charge >= 0.3 is 0 Å². The Labute approximate surface area is 228 Å². The largest absolute Gasteiger partial charge is 0.490 e. The maximum atomic E-state index is 13.0. The number of hydrogen-bond donors (Lipinski definition) is 2. The summed E-state index contributed by atoms with van der Waals surface area (Å²) in [6, 6.07) is 11.3. The van der Waals surface area contributed by atoms with Gasteiger partial charge in [0.25, 0.3) is 5.91 Å². The van der Waals surface area contributed by atoms with E-state index >= 15 is 0 Å². The molecule has 202 valence electrons. The van der Waals surface area contributed by atoms with Crippen LogP contribution in [-0.2, 0) is 21.9 Å². The van der Waals surface area contributed by atoms with Crippen molar-refractivity contribution in [3.05, 3.63) is 70.3 Å². The smallest absolute Gasteiger partial charge is 0.264 e. The highest BCUT2D eigenvalue weighted by Gasteiger charge is 2.44. The minimum Gasteiger partial charge on any atom is -0.490 e. The Morgan fingerprint density at radius 1 is 1.13 bits per heavy atom. The third-order valence-electron chi connectivity index (χ3n) is 8.83. The van der Waals surface area contributed by atoms with E-state index in [1.807, 2.05) is 6.07 Å². The Balaban J connectivity index is 1.43. The number of carbonyl (C=O) groups excluding carboxylic acids is 1. The Hall–Kier alpha value is -2.55. The van der Waals surface area contributed by atoms with Crippen molar-refractivity contribution in [3.8, 4) is 5.75 Å². The number of benzene rings is 2. The fourth-order valence-electron chi connectivity index (χ4n) is 6.71. The number of aliphatic hydroxyl groups excluding tert-OH is 1. The number of anilines is 1. The van der Waals surface area contributed by atoms with Crippen molar-refractivity contribution in [1.82, 2.24) is 4.72 Å². The normalized spacial score (nSPS) is 31.3. The van der Waals surface area contributed by atoms with Gasteiger partial charge in [-0.3, -0.25) is 4.79 Å². The van der Waals surface area contributed by atoms with Gasteiger partial charge in [0.2, 0.25) is 10.0 Å². The average Bonchev–Trinajstić information content (AvgIpc) is 3.01. The number of aryl methyl sites for hydroxylation is 1. The number of halogens is 1. The molecule has 0 unspecified atom stereocenters. The van der Waals surface area contributed by atoms with Crippen LogP contribution in [0.3, 0.4) is 0 Å². The fourth-order valence-corrected chi connectivity index (χ4v) is 7.78. The summed E-state index contributed by atoms with van der Waals surface area (Å²) in [7, 11) is -3.85. The van der Waals surface area contributed by atoms with E-state index in [0.717, 1.165) is 49.4 Å². The molecule has 2 aromatic carbocycles. The number of sulfonamides is 1. The van der Waals surface area contributed by atoms with Crippen LogP contribution in [0.15, 0.2) is 48.6 Å². The third kappa shape index (κ3) is 4.82. The van der Waals surface area contributed by atoms with Crippen LogP contribution >= 0.6 is 11.6 Å². The van der Waals surface area contributed by atoms with Gasteiger partial charge in [0, 0.05) is 29.1 Å². The zero-order valence-electron chi connectivity index (χ0n) is 21.2. The molecule has 1 spiro atoms. The molecule has 2 N–H and O–H groups in total. The average molecular weight is 557 g/mol. The highest BCUT2D eigenvalue weighted by Crippen LogP contribution is 2.46. The van der Waals surface area contributed by atoms with E-state index in [1.165, 1.54) is 17.2 Å². The lowest BCUT2D eigenvalue weighted by Gasteiger charge is -2.45. The van der Waals surface area contributed by atoms with Gasteiger partial charge in [-0.1, -0.05) is 29.8 Å². The standard InChI is InChI=1S/C29H33ClN2O5S/c30-22-8-10-24-19(14-22)4-3-12-29(24)17-32-16-21-6-9-23(21)26(33)5-1-2-13-38(35,36)31-28(34)20-7-11-27(37-18-29)25(32)15-20/h1-2,7-8,10-11,14-15,21,23,26,33H,3-6,9,12-13,16-18H2,(H,31,34)/b2-1-/t21-,23+,26-,29-/m0/s1. The number of amides is 1. The van der Waals surface area contributed by atoms with Gasteiger partial charge in [-0.15, -0.1) is 0 Å². The van der Waals surface area contributed by atoms with Crippen molar-refractivity contribution in [2.24, 2.45) is 11.8 Å². The molecule has 2 bridgehead atoms. The van der Waals surface area contributed by atoms with Gasteiger partial charge in [-0.2, -0.15) is 0 Å². The van der Waals surface area contributed by atoms with Crippen molar-refractivity contribution < 1.29 is 23.1 Å². The van der Waals surface area contributed by atoms with E-state index in [9.17, 15) is 18.3 Å². The summed E-state index contributed by atoms with van der Waals surface area (Å²) in [5, 5.41) is 11.7. The second kappa shape index (κ2) is 9.88. The maximum Gasteiger partial charge on any atom is 0.264 e. The molecule has 38 heavy (non-hydrogen) atoms. The lowest BCUT2D eigenvalue weighted by atomic mass is 9.68. The first kappa shape index (κ1) is 25.7. The van der Waals surface area contributed by atoms with Crippen molar-refractivity contribution in [1.29, 1.82) is 0 Å². The maximum absolute atomic E-state index is 13.0. The molecule has 2 aliphatic carbocycles. The van der Waals surface area contributed by atoms with Crippen LogP contribution < -0.4 is 14.4 Å². The summed E-state index contributed by atoms with van der Waals surface area (Å²) >= 11 is 6.35. The Morgan fingerprint density at radius 2 is 2.00 bits per heavy atom. The van der Waals surface area contributed by atoms with Crippen LogP contribution in [-0.4, -0.2) is 51.0 Å². The summed E-state index contributed by atoms with van der Waals surface area (Å²) in [5.74, 6) is 0.149. The molecule has 4 aliphatic rings. The van der Waals surface area contributed by atoms with Gasteiger partial charge in [0.05, 0.1) is 24.2 Å². The Kier molecular flexibility index (Phi) is 6.69. The monoisotopic (exact) mass is 556 g/mol. The number of carbonyl (C=O) groups is 1. The van der Waals surface area contributed by atoms with E-state index in [1.54, 1.807) is 24.3 Å². The van der Waals surface area contributed by atoms with E-state index in [2.05, 4.69) is 21.8 Å². The topological polar surface area (TPSA) is 95.9 Å². The molecule has 0 radical (unpaired) electrons. The van der Waals surface area contributed by atoms with Crippen LogP contribution in [0.1, 0.15) is 53.6 Å². The predicted molar refractivity (Wildman–Crippen MR) is 147 cm³/mol. The van der Waals surface area contributed by atoms with E-state index in [4.69, 9.17) is 16.3 Å². The molecule has 2 aliphatic heterocycles.